The fraction of sp³-hybridized carbons (Fsp3) is 0.391. The van der Waals surface area contributed by atoms with E-state index in [0.717, 1.165) is 52.8 Å². The second-order valence-corrected chi connectivity index (χ2v) is 8.59. The zero-order chi connectivity index (χ0) is 22.0. The van der Waals surface area contributed by atoms with Crippen molar-refractivity contribution in [2.24, 2.45) is 0 Å². The van der Waals surface area contributed by atoms with E-state index in [1.54, 1.807) is 9.13 Å². The first kappa shape index (κ1) is 21.5. The molecule has 7 nitrogen and oxygen atoms in total. The summed E-state index contributed by atoms with van der Waals surface area (Å²) in [6.45, 7) is 7.02. The summed E-state index contributed by atoms with van der Waals surface area (Å²) < 4.78 is 4.38. The number of nitrogens with one attached hydrogen (secondary N) is 2. The van der Waals surface area contributed by atoms with Crippen molar-refractivity contribution in [1.29, 1.82) is 0 Å². The van der Waals surface area contributed by atoms with E-state index in [9.17, 15) is 9.59 Å². The van der Waals surface area contributed by atoms with Crippen LogP contribution in [-0.4, -0.2) is 28.3 Å². The number of para-hydroxylation sites is 1. The lowest BCUT2D eigenvalue weighted by Gasteiger charge is -2.31. The van der Waals surface area contributed by atoms with E-state index in [0.29, 0.717) is 18.8 Å². The number of imidazole rings is 1. The Bertz CT molecular complexity index is 1160. The van der Waals surface area contributed by atoms with Crippen LogP contribution in [0.1, 0.15) is 33.1 Å². The number of hydrogen-bond donors (Lipinski definition) is 2. The fourth-order valence-electron chi connectivity index (χ4n) is 4.30. The van der Waals surface area contributed by atoms with E-state index in [-0.39, 0.29) is 11.7 Å². The second kappa shape index (κ2) is 9.18. The molecule has 1 aliphatic rings. The van der Waals surface area contributed by atoms with Crippen LogP contribution in [0.25, 0.3) is 11.0 Å². The Hall–Kier alpha value is -2.74. The predicted octanol–water partition coefficient (Wildman–Crippen LogP) is 5.24. The van der Waals surface area contributed by atoms with E-state index in [2.05, 4.69) is 37.5 Å². The molecule has 0 saturated carbocycles. The van der Waals surface area contributed by atoms with Gasteiger partial charge in [-0.25, -0.2) is 9.59 Å². The lowest BCUT2D eigenvalue weighted by Crippen LogP contribution is -2.31. The Morgan fingerprint density at radius 1 is 0.935 bits per heavy atom. The molecule has 2 amide bonds. The van der Waals surface area contributed by atoms with Crippen molar-refractivity contribution in [3.05, 3.63) is 51.4 Å². The van der Waals surface area contributed by atoms with E-state index in [1.165, 1.54) is 6.42 Å². The van der Waals surface area contributed by atoms with Crippen molar-refractivity contribution >= 4 is 50.1 Å². The van der Waals surface area contributed by atoms with E-state index < -0.39 is 0 Å². The van der Waals surface area contributed by atoms with Gasteiger partial charge in [-0.1, -0.05) is 12.1 Å². The first-order chi connectivity index (χ1) is 15.0. The number of halogens is 1. The van der Waals surface area contributed by atoms with E-state index in [4.69, 9.17) is 0 Å². The van der Waals surface area contributed by atoms with E-state index in [1.807, 2.05) is 44.2 Å². The first-order valence-corrected chi connectivity index (χ1v) is 11.7. The highest BCUT2D eigenvalue weighted by Crippen LogP contribution is 2.33. The van der Waals surface area contributed by atoms with Gasteiger partial charge < -0.3 is 15.5 Å². The number of urea groups is 1. The molecule has 2 aromatic carbocycles. The number of rotatable bonds is 5. The molecule has 2 heterocycles. The fourth-order valence-corrected chi connectivity index (χ4v) is 4.68. The van der Waals surface area contributed by atoms with Crippen LogP contribution < -0.4 is 21.2 Å². The number of nitrogens with zero attached hydrogens (tertiary/aromatic N) is 3. The summed E-state index contributed by atoms with van der Waals surface area (Å²) in [5, 5.41) is 5.94. The molecule has 0 atom stereocenters. The average Bonchev–Trinajstić information content (AvgIpc) is 3.04. The van der Waals surface area contributed by atoms with Crippen LogP contribution >= 0.6 is 15.9 Å². The van der Waals surface area contributed by atoms with Crippen LogP contribution in [0.15, 0.2) is 45.7 Å². The quantitative estimate of drug-likeness (QED) is 0.518. The van der Waals surface area contributed by atoms with Gasteiger partial charge in [0.1, 0.15) is 0 Å². The maximum absolute atomic E-state index is 12.9. The molecule has 2 N–H and O–H groups in total. The number of fused-ring (bicyclic) bond motifs is 1. The number of benzene rings is 2. The third-order valence-corrected chi connectivity index (χ3v) is 6.53. The number of piperidine rings is 1. The molecule has 0 spiro atoms. The van der Waals surface area contributed by atoms with Crippen LogP contribution in [0, 0.1) is 0 Å². The largest absolute Gasteiger partial charge is 0.370 e. The van der Waals surface area contributed by atoms with Crippen LogP contribution in [0.4, 0.5) is 21.9 Å². The molecule has 0 bridgehead atoms. The highest BCUT2D eigenvalue weighted by Gasteiger charge is 2.21. The van der Waals surface area contributed by atoms with Gasteiger partial charge in [-0.3, -0.25) is 9.13 Å². The molecule has 1 aromatic heterocycles. The third-order valence-electron chi connectivity index (χ3n) is 5.84. The van der Waals surface area contributed by atoms with Gasteiger partial charge in [-0.2, -0.15) is 0 Å². The number of aromatic nitrogens is 2. The molecule has 3 aromatic rings. The Balaban J connectivity index is 1.77. The lowest BCUT2D eigenvalue weighted by atomic mass is 10.1. The maximum Gasteiger partial charge on any atom is 0.329 e. The molecule has 1 aliphatic heterocycles. The second-order valence-electron chi connectivity index (χ2n) is 7.74. The molecule has 4 rings (SSSR count). The van der Waals surface area contributed by atoms with Gasteiger partial charge in [0.15, 0.2) is 0 Å². The van der Waals surface area contributed by atoms with Crippen LogP contribution in [-0.2, 0) is 13.1 Å². The van der Waals surface area contributed by atoms with Crippen molar-refractivity contribution in [3.63, 3.8) is 0 Å². The summed E-state index contributed by atoms with van der Waals surface area (Å²) in [6.07, 6.45) is 3.46. The number of carbonyl (C=O) groups excluding carboxylic acids is 1. The normalized spacial score (nSPS) is 14.1. The lowest BCUT2D eigenvalue weighted by molar-refractivity contribution is 0.262. The topological polar surface area (TPSA) is 71.3 Å². The predicted molar refractivity (Wildman–Crippen MR) is 130 cm³/mol. The SMILES string of the molecule is CCn1c(=O)n(CC)c2cc(N3CCCCC3)c(NC(=O)Nc3ccccc3Br)cc21. The molecule has 1 fully saturated rings. The zero-order valence-electron chi connectivity index (χ0n) is 17.9. The summed E-state index contributed by atoms with van der Waals surface area (Å²) in [5.74, 6) is 0. The molecule has 0 radical (unpaired) electrons. The molecule has 0 unspecified atom stereocenters. The summed E-state index contributed by atoms with van der Waals surface area (Å²) >= 11 is 3.47. The van der Waals surface area contributed by atoms with Crippen molar-refractivity contribution < 1.29 is 4.79 Å². The number of amides is 2. The number of carbonyl (C=O) groups is 1. The van der Waals surface area contributed by atoms with Gasteiger partial charge in [0.2, 0.25) is 0 Å². The minimum Gasteiger partial charge on any atom is -0.370 e. The van der Waals surface area contributed by atoms with Gasteiger partial charge in [-0.05, 0) is 73.3 Å². The van der Waals surface area contributed by atoms with Gasteiger partial charge in [-0.15, -0.1) is 0 Å². The minimum atomic E-state index is -0.315. The summed E-state index contributed by atoms with van der Waals surface area (Å²) in [7, 11) is 0. The maximum atomic E-state index is 12.9. The van der Waals surface area contributed by atoms with Crippen LogP contribution in [0.2, 0.25) is 0 Å². The highest BCUT2D eigenvalue weighted by atomic mass is 79.9. The number of anilines is 3. The molecular formula is C23H28BrN5O2. The zero-order valence-corrected chi connectivity index (χ0v) is 19.5. The van der Waals surface area contributed by atoms with Crippen molar-refractivity contribution in [2.75, 3.05) is 28.6 Å². The summed E-state index contributed by atoms with van der Waals surface area (Å²) in [4.78, 5) is 28.0. The molecule has 164 valence electrons. The molecule has 31 heavy (non-hydrogen) atoms. The van der Waals surface area contributed by atoms with Crippen LogP contribution in [0.3, 0.4) is 0 Å². The number of hydrogen-bond acceptors (Lipinski definition) is 3. The van der Waals surface area contributed by atoms with Crippen molar-refractivity contribution in [3.8, 4) is 0 Å². The summed E-state index contributed by atoms with van der Waals surface area (Å²) in [6, 6.07) is 11.2. The Morgan fingerprint density at radius 3 is 2.19 bits per heavy atom. The molecule has 1 saturated heterocycles. The van der Waals surface area contributed by atoms with Gasteiger partial charge in [0.25, 0.3) is 0 Å². The standard InChI is InChI=1S/C23H28BrN5O2/c1-3-28-20-14-18(26-22(30)25-17-11-7-6-10-16(17)24)19(27-12-8-5-9-13-27)15-21(20)29(4-2)23(28)31/h6-7,10-11,14-15H,3-5,8-9,12-13H2,1-2H3,(H2,25,26,30). The smallest absolute Gasteiger partial charge is 0.329 e. The number of aryl methyl sites for hydroxylation is 2. The minimum absolute atomic E-state index is 0.0144. The van der Waals surface area contributed by atoms with Crippen LogP contribution in [0.5, 0.6) is 0 Å². The van der Waals surface area contributed by atoms with E-state index >= 15 is 0 Å². The monoisotopic (exact) mass is 485 g/mol. The Labute approximate surface area is 190 Å². The molecule has 0 aliphatic carbocycles. The van der Waals surface area contributed by atoms with Gasteiger partial charge in [0.05, 0.1) is 28.1 Å². The first-order valence-electron chi connectivity index (χ1n) is 10.9. The summed E-state index contributed by atoms with van der Waals surface area (Å²) in [5.41, 5.74) is 4.11. The van der Waals surface area contributed by atoms with Gasteiger partial charge in [0, 0.05) is 30.7 Å². The van der Waals surface area contributed by atoms with Crippen molar-refractivity contribution in [2.45, 2.75) is 46.2 Å². The Kier molecular flexibility index (Phi) is 6.36. The average molecular weight is 486 g/mol. The van der Waals surface area contributed by atoms with Gasteiger partial charge >= 0.3 is 11.7 Å². The third kappa shape index (κ3) is 4.21. The highest BCUT2D eigenvalue weighted by molar-refractivity contribution is 9.10. The molecular weight excluding hydrogens is 458 g/mol. The molecule has 8 heteroatoms. The Morgan fingerprint density at radius 2 is 1.55 bits per heavy atom. The van der Waals surface area contributed by atoms with Crippen molar-refractivity contribution in [1.82, 2.24) is 9.13 Å².